The number of benzene rings is 1. The maximum absolute atomic E-state index is 12.3. The highest BCUT2D eigenvalue weighted by molar-refractivity contribution is 5.79. The molecule has 0 spiro atoms. The zero-order valence-electron chi connectivity index (χ0n) is 12.2. The molecule has 0 saturated carbocycles. The van der Waals surface area contributed by atoms with Gasteiger partial charge in [-0.2, -0.15) is 0 Å². The maximum Gasteiger partial charge on any atom is 0.231 e. The zero-order valence-corrected chi connectivity index (χ0v) is 12.2. The second-order valence-electron chi connectivity index (χ2n) is 5.15. The molecular formula is C15H21N3O3. The van der Waals surface area contributed by atoms with Gasteiger partial charge in [0.15, 0.2) is 0 Å². The number of methoxy groups -OCH3 is 1. The van der Waals surface area contributed by atoms with Crippen LogP contribution in [-0.4, -0.2) is 61.4 Å². The average molecular weight is 291 g/mol. The lowest BCUT2D eigenvalue weighted by molar-refractivity contribution is -0.132. The topological polar surface area (TPSA) is 75.9 Å². The van der Waals surface area contributed by atoms with E-state index < -0.39 is 0 Å². The SMILES string of the molecule is COc1cccc(CC(=O)N2CCN(CC(N)=O)CC2)c1. The molecule has 0 bridgehead atoms. The number of amides is 2. The molecule has 1 aromatic carbocycles. The van der Waals surface area contributed by atoms with Crippen LogP contribution in [0.15, 0.2) is 24.3 Å². The summed E-state index contributed by atoms with van der Waals surface area (Å²) in [6.45, 7) is 2.91. The Hall–Kier alpha value is -2.08. The van der Waals surface area contributed by atoms with Gasteiger partial charge in [-0.05, 0) is 17.7 Å². The lowest BCUT2D eigenvalue weighted by Crippen LogP contribution is -2.50. The van der Waals surface area contributed by atoms with Crippen molar-refractivity contribution in [2.24, 2.45) is 5.73 Å². The number of hydrogen-bond donors (Lipinski definition) is 1. The fraction of sp³-hybridized carbons (Fsp3) is 0.467. The van der Waals surface area contributed by atoms with Crippen LogP contribution >= 0.6 is 0 Å². The van der Waals surface area contributed by atoms with E-state index in [1.807, 2.05) is 34.1 Å². The van der Waals surface area contributed by atoms with E-state index in [1.54, 1.807) is 7.11 Å². The van der Waals surface area contributed by atoms with Gasteiger partial charge >= 0.3 is 0 Å². The van der Waals surface area contributed by atoms with E-state index in [0.717, 1.165) is 11.3 Å². The summed E-state index contributed by atoms with van der Waals surface area (Å²) in [6, 6.07) is 7.54. The minimum Gasteiger partial charge on any atom is -0.497 e. The zero-order chi connectivity index (χ0) is 15.2. The van der Waals surface area contributed by atoms with Crippen molar-refractivity contribution in [1.82, 2.24) is 9.80 Å². The van der Waals surface area contributed by atoms with Gasteiger partial charge in [-0.1, -0.05) is 12.1 Å². The Bertz CT molecular complexity index is 511. The fourth-order valence-electron chi connectivity index (χ4n) is 2.44. The van der Waals surface area contributed by atoms with E-state index in [4.69, 9.17) is 10.5 Å². The molecule has 0 atom stereocenters. The van der Waals surface area contributed by atoms with Gasteiger partial charge in [0.1, 0.15) is 5.75 Å². The lowest BCUT2D eigenvalue weighted by Gasteiger charge is -2.34. The van der Waals surface area contributed by atoms with Crippen molar-refractivity contribution in [3.63, 3.8) is 0 Å². The third kappa shape index (κ3) is 4.46. The predicted octanol–water partition coefficient (Wildman–Crippen LogP) is -0.133. The summed E-state index contributed by atoms with van der Waals surface area (Å²) < 4.78 is 5.16. The largest absolute Gasteiger partial charge is 0.497 e. The quantitative estimate of drug-likeness (QED) is 0.820. The molecule has 21 heavy (non-hydrogen) atoms. The summed E-state index contributed by atoms with van der Waals surface area (Å²) in [4.78, 5) is 26.9. The molecule has 1 fully saturated rings. The van der Waals surface area contributed by atoms with Crippen molar-refractivity contribution in [1.29, 1.82) is 0 Å². The number of carbonyl (C=O) groups is 2. The number of hydrogen-bond acceptors (Lipinski definition) is 4. The molecule has 2 amide bonds. The first-order valence-electron chi connectivity index (χ1n) is 7.00. The second kappa shape index (κ2) is 7.08. The molecule has 0 radical (unpaired) electrons. The summed E-state index contributed by atoms with van der Waals surface area (Å²) in [6.07, 6.45) is 0.368. The molecule has 0 aromatic heterocycles. The van der Waals surface area contributed by atoms with Crippen LogP contribution in [0.2, 0.25) is 0 Å². The Morgan fingerprint density at radius 1 is 1.24 bits per heavy atom. The number of carbonyl (C=O) groups excluding carboxylic acids is 2. The van der Waals surface area contributed by atoms with Gasteiger partial charge in [0.05, 0.1) is 20.1 Å². The van der Waals surface area contributed by atoms with E-state index in [9.17, 15) is 9.59 Å². The molecule has 114 valence electrons. The molecule has 1 aliphatic heterocycles. The molecule has 0 unspecified atom stereocenters. The molecular weight excluding hydrogens is 270 g/mol. The van der Waals surface area contributed by atoms with Crippen LogP contribution in [0.3, 0.4) is 0 Å². The number of rotatable bonds is 5. The Kier molecular flexibility index (Phi) is 5.16. The van der Waals surface area contributed by atoms with Crippen LogP contribution in [0.5, 0.6) is 5.75 Å². The third-order valence-corrected chi connectivity index (χ3v) is 3.59. The Balaban J connectivity index is 1.85. The van der Waals surface area contributed by atoms with Crippen LogP contribution in [0, 0.1) is 0 Å². The molecule has 1 aromatic rings. The van der Waals surface area contributed by atoms with Gasteiger partial charge in [0.25, 0.3) is 0 Å². The molecule has 1 aliphatic rings. The molecule has 1 heterocycles. The average Bonchev–Trinajstić information content (AvgIpc) is 2.47. The van der Waals surface area contributed by atoms with Crippen LogP contribution in [0.25, 0.3) is 0 Å². The summed E-state index contributed by atoms with van der Waals surface area (Å²) in [5.74, 6) is 0.528. The molecule has 0 aliphatic carbocycles. The Morgan fingerprint density at radius 3 is 2.57 bits per heavy atom. The van der Waals surface area contributed by atoms with Crippen molar-refractivity contribution in [2.75, 3.05) is 39.8 Å². The van der Waals surface area contributed by atoms with Gasteiger partial charge in [0.2, 0.25) is 11.8 Å². The Labute approximate surface area is 124 Å². The standard InChI is InChI=1S/C15H21N3O3/c1-21-13-4-2-3-12(9-13)10-15(20)18-7-5-17(6-8-18)11-14(16)19/h2-4,9H,5-8,10-11H2,1H3,(H2,16,19). The maximum atomic E-state index is 12.3. The van der Waals surface area contributed by atoms with Crippen molar-refractivity contribution >= 4 is 11.8 Å². The molecule has 1 saturated heterocycles. The highest BCUT2D eigenvalue weighted by Gasteiger charge is 2.21. The van der Waals surface area contributed by atoms with Crippen molar-refractivity contribution in [3.8, 4) is 5.75 Å². The lowest BCUT2D eigenvalue weighted by atomic mass is 10.1. The van der Waals surface area contributed by atoms with Gasteiger partial charge in [-0.15, -0.1) is 0 Å². The Morgan fingerprint density at radius 2 is 1.95 bits per heavy atom. The van der Waals surface area contributed by atoms with E-state index in [1.165, 1.54) is 0 Å². The number of nitrogens with two attached hydrogens (primary N) is 1. The van der Waals surface area contributed by atoms with E-state index in [0.29, 0.717) is 32.6 Å². The first kappa shape index (κ1) is 15.3. The number of nitrogens with zero attached hydrogens (tertiary/aromatic N) is 2. The first-order chi connectivity index (χ1) is 10.1. The normalized spacial score (nSPS) is 15.8. The summed E-state index contributed by atoms with van der Waals surface area (Å²) in [7, 11) is 1.61. The minimum absolute atomic E-state index is 0.0991. The predicted molar refractivity (Wildman–Crippen MR) is 78.9 cm³/mol. The molecule has 6 nitrogen and oxygen atoms in total. The summed E-state index contributed by atoms with van der Waals surface area (Å²) >= 11 is 0. The van der Waals surface area contributed by atoms with Gasteiger partial charge in [-0.3, -0.25) is 14.5 Å². The van der Waals surface area contributed by atoms with Gasteiger partial charge < -0.3 is 15.4 Å². The first-order valence-corrected chi connectivity index (χ1v) is 7.00. The smallest absolute Gasteiger partial charge is 0.231 e. The number of piperazine rings is 1. The minimum atomic E-state index is -0.328. The molecule has 2 N–H and O–H groups in total. The molecule has 6 heteroatoms. The van der Waals surface area contributed by atoms with Crippen molar-refractivity contribution in [2.45, 2.75) is 6.42 Å². The van der Waals surface area contributed by atoms with Gasteiger partial charge in [-0.25, -0.2) is 0 Å². The number of ether oxygens (including phenoxy) is 1. The summed E-state index contributed by atoms with van der Waals surface area (Å²) in [5.41, 5.74) is 6.12. The van der Waals surface area contributed by atoms with Crippen molar-refractivity contribution in [3.05, 3.63) is 29.8 Å². The van der Waals surface area contributed by atoms with Crippen LogP contribution in [0.1, 0.15) is 5.56 Å². The monoisotopic (exact) mass is 291 g/mol. The van der Waals surface area contributed by atoms with E-state index in [-0.39, 0.29) is 18.4 Å². The van der Waals surface area contributed by atoms with Crippen molar-refractivity contribution < 1.29 is 14.3 Å². The van der Waals surface area contributed by atoms with Crippen LogP contribution in [-0.2, 0) is 16.0 Å². The second-order valence-corrected chi connectivity index (χ2v) is 5.15. The van der Waals surface area contributed by atoms with E-state index in [2.05, 4.69) is 0 Å². The van der Waals surface area contributed by atoms with Crippen LogP contribution in [0.4, 0.5) is 0 Å². The fourth-order valence-corrected chi connectivity index (χ4v) is 2.44. The number of primary amides is 1. The highest BCUT2D eigenvalue weighted by Crippen LogP contribution is 2.14. The summed E-state index contributed by atoms with van der Waals surface area (Å²) in [5, 5.41) is 0. The molecule has 2 rings (SSSR count). The highest BCUT2D eigenvalue weighted by atomic mass is 16.5. The van der Waals surface area contributed by atoms with Crippen LogP contribution < -0.4 is 10.5 Å². The third-order valence-electron chi connectivity index (χ3n) is 3.59. The van der Waals surface area contributed by atoms with E-state index >= 15 is 0 Å². The van der Waals surface area contributed by atoms with Gasteiger partial charge in [0, 0.05) is 26.2 Å².